The van der Waals surface area contributed by atoms with Gasteiger partial charge in [0.1, 0.15) is 11.6 Å². The van der Waals surface area contributed by atoms with Gasteiger partial charge in [0.25, 0.3) is 0 Å². The minimum Gasteiger partial charge on any atom is -0.310 e. The van der Waals surface area contributed by atoms with Gasteiger partial charge in [0.2, 0.25) is 5.91 Å². The lowest BCUT2D eigenvalue weighted by atomic mass is 10.2. The predicted octanol–water partition coefficient (Wildman–Crippen LogP) is 3.34. The van der Waals surface area contributed by atoms with Crippen LogP contribution in [0.4, 0.5) is 14.5 Å². The number of rotatable bonds is 7. The quantitative estimate of drug-likeness (QED) is 0.775. The van der Waals surface area contributed by atoms with Gasteiger partial charge in [-0.15, -0.1) is 0 Å². The van der Waals surface area contributed by atoms with Gasteiger partial charge in [-0.1, -0.05) is 24.3 Å². The van der Waals surface area contributed by atoms with Gasteiger partial charge in [-0.3, -0.25) is 9.69 Å². The van der Waals surface area contributed by atoms with Crippen LogP contribution >= 0.6 is 0 Å². The number of likely N-dealkylation sites (N-methyl/N-ethyl adjacent to an activating group) is 1. The molecule has 0 unspecified atom stereocenters. The van der Waals surface area contributed by atoms with Crippen molar-refractivity contribution in [2.75, 3.05) is 25.0 Å². The molecule has 0 heterocycles. The summed E-state index contributed by atoms with van der Waals surface area (Å²) in [5.74, 6) is -1.46. The van der Waals surface area contributed by atoms with Crippen LogP contribution in [0.3, 0.4) is 0 Å². The number of carbonyl (C=O) groups excluding carboxylic acids is 1. The average molecular weight is 343 g/mol. The van der Waals surface area contributed by atoms with E-state index in [1.807, 2.05) is 24.3 Å². The molecule has 0 bridgehead atoms. The number of nitriles is 1. The Morgan fingerprint density at radius 3 is 2.52 bits per heavy atom. The molecule has 0 saturated heterocycles. The monoisotopic (exact) mass is 343 g/mol. The summed E-state index contributed by atoms with van der Waals surface area (Å²) in [6, 6.07) is 14.5. The van der Waals surface area contributed by atoms with E-state index in [1.165, 1.54) is 12.1 Å². The van der Waals surface area contributed by atoms with E-state index in [0.717, 1.165) is 6.07 Å². The van der Waals surface area contributed by atoms with Gasteiger partial charge in [-0.05, 0) is 25.2 Å². The molecule has 25 heavy (non-hydrogen) atoms. The summed E-state index contributed by atoms with van der Waals surface area (Å²) in [5, 5.41) is 8.80. The summed E-state index contributed by atoms with van der Waals surface area (Å²) in [6.45, 7) is 0.522. The van der Waals surface area contributed by atoms with Gasteiger partial charge >= 0.3 is 0 Å². The van der Waals surface area contributed by atoms with E-state index in [9.17, 15) is 13.6 Å². The topological polar surface area (TPSA) is 47.3 Å². The third-order valence-electron chi connectivity index (χ3n) is 3.68. The largest absolute Gasteiger partial charge is 0.310 e. The summed E-state index contributed by atoms with van der Waals surface area (Å²) < 4.78 is 26.7. The molecule has 2 rings (SSSR count). The number of benzene rings is 2. The van der Waals surface area contributed by atoms with Crippen molar-refractivity contribution in [2.45, 2.75) is 13.0 Å². The second kappa shape index (κ2) is 8.90. The molecule has 0 fully saturated rings. The lowest BCUT2D eigenvalue weighted by molar-refractivity contribution is -0.119. The first-order chi connectivity index (χ1) is 12.0. The molecule has 0 aliphatic carbocycles. The van der Waals surface area contributed by atoms with Crippen LogP contribution in [-0.4, -0.2) is 30.9 Å². The summed E-state index contributed by atoms with van der Waals surface area (Å²) in [4.78, 5) is 15.8. The zero-order chi connectivity index (χ0) is 18.2. The molecular formula is C19H19F2N3O. The SMILES string of the molecule is CN(CC(=O)N(CCC#N)c1ccccc1)Cc1ccc(F)cc1F. The highest BCUT2D eigenvalue weighted by Crippen LogP contribution is 2.15. The van der Waals surface area contributed by atoms with Crippen molar-refractivity contribution < 1.29 is 13.6 Å². The number of para-hydroxylation sites is 1. The highest BCUT2D eigenvalue weighted by Gasteiger charge is 2.18. The van der Waals surface area contributed by atoms with Crippen LogP contribution < -0.4 is 4.90 Å². The molecule has 0 radical (unpaired) electrons. The van der Waals surface area contributed by atoms with Gasteiger partial charge in [-0.25, -0.2) is 8.78 Å². The summed E-state index contributed by atoms with van der Waals surface area (Å²) >= 11 is 0. The molecule has 6 heteroatoms. The standard InChI is InChI=1S/C19H19F2N3O/c1-23(13-15-8-9-16(20)12-18(15)21)14-19(25)24(11-5-10-22)17-6-3-2-4-7-17/h2-4,6-9,12H,5,11,13-14H2,1H3. The Morgan fingerprint density at radius 1 is 1.16 bits per heavy atom. The lowest BCUT2D eigenvalue weighted by Gasteiger charge is -2.25. The van der Waals surface area contributed by atoms with Crippen molar-refractivity contribution in [1.82, 2.24) is 4.90 Å². The molecule has 0 atom stereocenters. The Morgan fingerprint density at radius 2 is 1.88 bits per heavy atom. The zero-order valence-corrected chi connectivity index (χ0v) is 14.0. The summed E-state index contributed by atoms with van der Waals surface area (Å²) in [5.41, 5.74) is 1.03. The van der Waals surface area contributed by atoms with Crippen molar-refractivity contribution >= 4 is 11.6 Å². The Kier molecular flexibility index (Phi) is 6.61. The number of amides is 1. The van der Waals surface area contributed by atoms with Crippen molar-refractivity contribution in [3.63, 3.8) is 0 Å². The molecule has 0 spiro atoms. The summed E-state index contributed by atoms with van der Waals surface area (Å²) in [7, 11) is 1.69. The Hall–Kier alpha value is -2.78. The molecular weight excluding hydrogens is 324 g/mol. The van der Waals surface area contributed by atoms with Crippen LogP contribution in [0.25, 0.3) is 0 Å². The molecule has 1 amide bonds. The summed E-state index contributed by atoms with van der Waals surface area (Å²) in [6.07, 6.45) is 0.219. The van der Waals surface area contributed by atoms with E-state index >= 15 is 0 Å². The molecule has 0 saturated carbocycles. The lowest BCUT2D eigenvalue weighted by Crippen LogP contribution is -2.39. The molecule has 2 aromatic carbocycles. The van der Waals surface area contributed by atoms with Crippen LogP contribution in [-0.2, 0) is 11.3 Å². The van der Waals surface area contributed by atoms with Crippen LogP contribution in [0.1, 0.15) is 12.0 Å². The Balaban J connectivity index is 2.05. The molecule has 0 N–H and O–H groups in total. The van der Waals surface area contributed by atoms with Crippen molar-refractivity contribution in [2.24, 2.45) is 0 Å². The van der Waals surface area contributed by atoms with Gasteiger partial charge in [-0.2, -0.15) is 5.26 Å². The first-order valence-corrected chi connectivity index (χ1v) is 7.86. The van der Waals surface area contributed by atoms with E-state index < -0.39 is 11.6 Å². The number of halogens is 2. The van der Waals surface area contributed by atoms with Gasteiger partial charge in [0, 0.05) is 30.4 Å². The van der Waals surface area contributed by atoms with E-state index in [1.54, 1.807) is 29.0 Å². The van der Waals surface area contributed by atoms with E-state index in [2.05, 4.69) is 0 Å². The maximum atomic E-state index is 13.7. The fraction of sp³-hybridized carbons (Fsp3) is 0.263. The van der Waals surface area contributed by atoms with Crippen molar-refractivity contribution in [3.05, 3.63) is 65.7 Å². The highest BCUT2D eigenvalue weighted by atomic mass is 19.1. The van der Waals surface area contributed by atoms with Crippen LogP contribution in [0.2, 0.25) is 0 Å². The number of hydrogen-bond acceptors (Lipinski definition) is 3. The van der Waals surface area contributed by atoms with Crippen LogP contribution in [0.5, 0.6) is 0 Å². The second-order valence-electron chi connectivity index (χ2n) is 5.70. The van der Waals surface area contributed by atoms with Gasteiger partial charge in [0.15, 0.2) is 0 Å². The molecule has 2 aromatic rings. The highest BCUT2D eigenvalue weighted by molar-refractivity contribution is 5.94. The first-order valence-electron chi connectivity index (χ1n) is 7.86. The third kappa shape index (κ3) is 5.37. The average Bonchev–Trinajstić information content (AvgIpc) is 2.58. The smallest absolute Gasteiger partial charge is 0.241 e. The minimum atomic E-state index is -0.635. The van der Waals surface area contributed by atoms with Gasteiger partial charge in [0.05, 0.1) is 19.0 Å². The van der Waals surface area contributed by atoms with Gasteiger partial charge < -0.3 is 4.90 Å². The predicted molar refractivity (Wildman–Crippen MR) is 91.7 cm³/mol. The second-order valence-corrected chi connectivity index (χ2v) is 5.70. The maximum Gasteiger partial charge on any atom is 0.241 e. The van der Waals surface area contributed by atoms with E-state index in [0.29, 0.717) is 11.3 Å². The number of hydrogen-bond donors (Lipinski definition) is 0. The zero-order valence-electron chi connectivity index (χ0n) is 14.0. The minimum absolute atomic E-state index is 0.0527. The van der Waals surface area contributed by atoms with Crippen molar-refractivity contribution in [3.8, 4) is 6.07 Å². The normalized spacial score (nSPS) is 10.5. The molecule has 0 aliphatic rings. The Labute approximate surface area is 145 Å². The number of anilines is 1. The first kappa shape index (κ1) is 18.6. The maximum absolute atomic E-state index is 13.7. The molecule has 0 aliphatic heterocycles. The molecule has 130 valence electrons. The fourth-order valence-electron chi connectivity index (χ4n) is 2.48. The number of carbonyl (C=O) groups is 1. The molecule has 0 aromatic heterocycles. The third-order valence-corrected chi connectivity index (χ3v) is 3.68. The van der Waals surface area contributed by atoms with E-state index in [-0.39, 0.29) is 32.0 Å². The molecule has 4 nitrogen and oxygen atoms in total. The van der Waals surface area contributed by atoms with Crippen molar-refractivity contribution in [1.29, 1.82) is 5.26 Å². The number of nitrogens with zero attached hydrogens (tertiary/aromatic N) is 3. The fourth-order valence-corrected chi connectivity index (χ4v) is 2.48. The van der Waals surface area contributed by atoms with Crippen LogP contribution in [0.15, 0.2) is 48.5 Å². The van der Waals surface area contributed by atoms with E-state index in [4.69, 9.17) is 5.26 Å². The Bertz CT molecular complexity index is 759. The van der Waals surface area contributed by atoms with Crippen LogP contribution in [0, 0.1) is 23.0 Å².